The molecule has 3 atom stereocenters. The first kappa shape index (κ1) is 31.2. The van der Waals surface area contributed by atoms with Crippen LogP contribution in [-0.4, -0.2) is 68.2 Å². The van der Waals surface area contributed by atoms with Crippen LogP contribution in [0.4, 0.5) is 26.7 Å². The molecule has 13 heteroatoms. The van der Waals surface area contributed by atoms with E-state index in [-0.39, 0.29) is 37.3 Å². The summed E-state index contributed by atoms with van der Waals surface area (Å²) < 4.78 is 98.3. The Labute approximate surface area is 246 Å². The summed E-state index contributed by atoms with van der Waals surface area (Å²) in [6.07, 6.45) is -4.03. The highest BCUT2D eigenvalue weighted by atomic mass is 32.2. The summed E-state index contributed by atoms with van der Waals surface area (Å²) in [5, 5.41) is 2.78. The fourth-order valence-corrected chi connectivity index (χ4v) is 8.49. The maximum atomic E-state index is 14.9. The molecule has 1 aliphatic carbocycles. The molecule has 0 bridgehead atoms. The lowest BCUT2D eigenvalue weighted by atomic mass is 9.63. The monoisotopic (exact) mass is 628 g/mol. The van der Waals surface area contributed by atoms with Gasteiger partial charge in [-0.1, -0.05) is 30.3 Å². The highest BCUT2D eigenvalue weighted by Crippen LogP contribution is 2.51. The van der Waals surface area contributed by atoms with E-state index in [0.29, 0.717) is 37.3 Å². The Hall–Kier alpha value is -3.22. The van der Waals surface area contributed by atoms with E-state index in [1.807, 2.05) is 0 Å². The van der Waals surface area contributed by atoms with Crippen LogP contribution in [0.5, 0.6) is 0 Å². The number of benzene rings is 2. The number of urea groups is 1. The van der Waals surface area contributed by atoms with Crippen molar-refractivity contribution in [1.29, 1.82) is 0 Å². The predicted octanol–water partition coefficient (Wildman–Crippen LogP) is 4.90. The van der Waals surface area contributed by atoms with Crippen molar-refractivity contribution in [2.75, 3.05) is 25.2 Å². The van der Waals surface area contributed by atoms with Gasteiger partial charge in [0.25, 0.3) is 0 Å². The number of carbonyl (C=O) groups excluding carboxylic acids is 2. The molecule has 3 aliphatic rings. The van der Waals surface area contributed by atoms with Gasteiger partial charge >= 0.3 is 18.2 Å². The van der Waals surface area contributed by atoms with Crippen LogP contribution in [0.25, 0.3) is 0 Å². The van der Waals surface area contributed by atoms with Gasteiger partial charge in [0.15, 0.2) is 9.84 Å². The number of sulfone groups is 1. The van der Waals surface area contributed by atoms with Gasteiger partial charge in [0.1, 0.15) is 11.4 Å². The summed E-state index contributed by atoms with van der Waals surface area (Å²) in [6.45, 7) is 0.724. The van der Waals surface area contributed by atoms with Crippen LogP contribution in [-0.2, 0) is 43.3 Å². The van der Waals surface area contributed by atoms with Crippen LogP contribution < -0.4 is 5.32 Å². The summed E-state index contributed by atoms with van der Waals surface area (Å²) in [5.41, 5.74) is -4.38. The quantitative estimate of drug-likeness (QED) is 0.376. The Bertz CT molecular complexity index is 1510. The van der Waals surface area contributed by atoms with Crippen molar-refractivity contribution >= 4 is 21.8 Å². The minimum Gasteiger partial charge on any atom is -0.467 e. The molecule has 2 aliphatic heterocycles. The van der Waals surface area contributed by atoms with Crippen molar-refractivity contribution in [3.05, 3.63) is 70.5 Å². The summed E-state index contributed by atoms with van der Waals surface area (Å²) in [7, 11) is -2.21. The number of carbonyl (C=O) groups is 2. The van der Waals surface area contributed by atoms with Crippen LogP contribution in [0, 0.1) is 5.82 Å². The van der Waals surface area contributed by atoms with Gasteiger partial charge in [0, 0.05) is 18.0 Å². The van der Waals surface area contributed by atoms with Gasteiger partial charge in [0.2, 0.25) is 5.67 Å². The molecule has 2 amide bonds. The second kappa shape index (κ2) is 10.7. The smallest absolute Gasteiger partial charge is 0.426 e. The lowest BCUT2D eigenvalue weighted by Crippen LogP contribution is -2.62. The molecule has 2 aromatic rings. The summed E-state index contributed by atoms with van der Waals surface area (Å²) in [5.74, 6) is -1.76. The average molecular weight is 629 g/mol. The van der Waals surface area contributed by atoms with E-state index in [1.54, 1.807) is 17.0 Å². The molecule has 2 aromatic carbocycles. The van der Waals surface area contributed by atoms with Crippen LogP contribution in [0.2, 0.25) is 0 Å². The first-order chi connectivity index (χ1) is 20.0. The molecule has 0 aromatic heterocycles. The number of fused-ring (bicyclic) bond motifs is 3. The third kappa shape index (κ3) is 5.49. The topological polar surface area (TPSA) is 92.8 Å². The second-order valence-electron chi connectivity index (χ2n) is 12.0. The van der Waals surface area contributed by atoms with Gasteiger partial charge in [-0.2, -0.15) is 13.2 Å². The van der Waals surface area contributed by atoms with E-state index in [4.69, 9.17) is 4.74 Å². The van der Waals surface area contributed by atoms with Crippen molar-refractivity contribution in [2.45, 2.75) is 74.3 Å². The van der Waals surface area contributed by atoms with Crippen LogP contribution in [0.15, 0.2) is 42.5 Å². The minimum absolute atomic E-state index is 0.139. The van der Waals surface area contributed by atoms with Gasteiger partial charge in [-0.25, -0.2) is 26.8 Å². The Kier molecular flexibility index (Phi) is 7.80. The SMILES string of the molecule is COC(=O)C1(NC(=O)N2CC[C@@]3(Cc4ccc(F)cc4)c4ccc(C(C)(F)C(F)(F)F)cc4CC[C@@H]23)CCS(=O)(=O)CC1. The van der Waals surface area contributed by atoms with Gasteiger partial charge in [-0.3, -0.25) is 0 Å². The maximum absolute atomic E-state index is 14.9. The van der Waals surface area contributed by atoms with E-state index < -0.39 is 62.1 Å². The number of likely N-dealkylation sites (tertiary alicyclic amines) is 1. The van der Waals surface area contributed by atoms with E-state index in [1.165, 1.54) is 24.3 Å². The zero-order valence-electron chi connectivity index (χ0n) is 23.8. The molecule has 43 heavy (non-hydrogen) atoms. The molecule has 2 fully saturated rings. The number of hydrogen-bond acceptors (Lipinski definition) is 5. The number of nitrogens with one attached hydrogen (secondary N) is 1. The molecule has 0 saturated carbocycles. The fourth-order valence-electron chi connectivity index (χ4n) is 6.97. The normalized spacial score (nSPS) is 25.7. The highest BCUT2D eigenvalue weighted by Gasteiger charge is 2.56. The zero-order chi connectivity index (χ0) is 31.4. The van der Waals surface area contributed by atoms with Gasteiger partial charge in [-0.05, 0) is 79.8 Å². The molecule has 234 valence electrons. The number of halogens is 5. The summed E-state index contributed by atoms with van der Waals surface area (Å²) in [6, 6.07) is 8.70. The molecule has 0 spiro atoms. The number of hydrogen-bond donors (Lipinski definition) is 1. The van der Waals surface area contributed by atoms with E-state index in [2.05, 4.69) is 5.32 Å². The average Bonchev–Trinajstić information content (AvgIpc) is 3.33. The van der Waals surface area contributed by atoms with E-state index in [9.17, 15) is 40.0 Å². The molecular weight excluding hydrogens is 595 g/mol. The second-order valence-corrected chi connectivity index (χ2v) is 14.3. The molecule has 2 saturated heterocycles. The molecular formula is C30H33F5N2O5S. The number of aryl methyl sites for hydroxylation is 1. The van der Waals surface area contributed by atoms with Crippen molar-refractivity contribution in [1.82, 2.24) is 10.2 Å². The minimum atomic E-state index is -5.11. The largest absolute Gasteiger partial charge is 0.467 e. The Morgan fingerprint density at radius 2 is 1.70 bits per heavy atom. The van der Waals surface area contributed by atoms with Gasteiger partial charge in [-0.15, -0.1) is 0 Å². The number of nitrogens with zero attached hydrogens (tertiary/aromatic N) is 1. The van der Waals surface area contributed by atoms with Crippen LogP contribution in [0.1, 0.15) is 54.9 Å². The number of esters is 1. The molecule has 0 radical (unpaired) electrons. The maximum Gasteiger partial charge on any atom is 0.426 e. The van der Waals surface area contributed by atoms with E-state index >= 15 is 0 Å². The van der Waals surface area contributed by atoms with Crippen molar-refractivity contribution < 1.29 is 44.7 Å². The fraction of sp³-hybridized carbons (Fsp3) is 0.533. The Balaban J connectivity index is 1.51. The standard InChI is InChI=1S/C30H33F5N2O5S/c1-27(32,30(33,34)35)21-6-9-23-20(17-21)5-10-24-28(23,18-19-3-7-22(31)8-4-19)11-14-37(24)26(39)36-29(25(38)42-2)12-15-43(40,41)16-13-29/h3-4,6-9,17,24H,5,10-16,18H2,1-2H3,(H,36,39)/t24-,27?,28-/m1/s1. The third-order valence-corrected chi connectivity index (χ3v) is 11.2. The van der Waals surface area contributed by atoms with Gasteiger partial charge in [0.05, 0.1) is 18.6 Å². The summed E-state index contributed by atoms with van der Waals surface area (Å²) >= 11 is 0. The lowest BCUT2D eigenvalue weighted by molar-refractivity contribution is -0.228. The summed E-state index contributed by atoms with van der Waals surface area (Å²) in [4.78, 5) is 28.2. The third-order valence-electron chi connectivity index (χ3n) is 9.51. The van der Waals surface area contributed by atoms with Crippen molar-refractivity contribution in [3.63, 3.8) is 0 Å². The molecule has 1 unspecified atom stereocenters. The lowest BCUT2D eigenvalue weighted by Gasteiger charge is -2.45. The number of ether oxygens (including phenoxy) is 1. The Morgan fingerprint density at radius 3 is 2.30 bits per heavy atom. The number of rotatable bonds is 5. The first-order valence-electron chi connectivity index (χ1n) is 14.1. The highest BCUT2D eigenvalue weighted by molar-refractivity contribution is 7.91. The number of amides is 2. The molecule has 1 N–H and O–H groups in total. The molecule has 5 rings (SSSR count). The Morgan fingerprint density at radius 1 is 1.05 bits per heavy atom. The van der Waals surface area contributed by atoms with Gasteiger partial charge < -0.3 is 15.0 Å². The predicted molar refractivity (Wildman–Crippen MR) is 147 cm³/mol. The van der Waals surface area contributed by atoms with E-state index in [0.717, 1.165) is 18.7 Å². The number of alkyl halides is 4. The molecule has 7 nitrogen and oxygen atoms in total. The van der Waals surface area contributed by atoms with Crippen molar-refractivity contribution in [2.24, 2.45) is 0 Å². The first-order valence-corrected chi connectivity index (χ1v) is 15.9. The zero-order valence-corrected chi connectivity index (χ0v) is 24.6. The van der Waals surface area contributed by atoms with Crippen LogP contribution in [0.3, 0.4) is 0 Å². The number of methoxy groups -OCH3 is 1. The van der Waals surface area contributed by atoms with Crippen molar-refractivity contribution in [3.8, 4) is 0 Å². The molecule has 2 heterocycles. The van der Waals surface area contributed by atoms with Crippen LogP contribution >= 0.6 is 0 Å².